The number of ether oxygens (including phenoxy) is 1. The van der Waals surface area contributed by atoms with Gasteiger partial charge in [0.1, 0.15) is 6.61 Å². The molecule has 96 valence electrons. The molecule has 0 spiro atoms. The molecule has 0 amide bonds. The van der Waals surface area contributed by atoms with Crippen LogP contribution in [0.4, 0.5) is 0 Å². The van der Waals surface area contributed by atoms with E-state index >= 15 is 0 Å². The average molecular weight is 297 g/mol. The summed E-state index contributed by atoms with van der Waals surface area (Å²) < 4.78 is 5.53. The third-order valence-electron chi connectivity index (χ3n) is 2.42. The lowest BCUT2D eigenvalue weighted by molar-refractivity contribution is 0.306. The summed E-state index contributed by atoms with van der Waals surface area (Å²) in [6.45, 7) is 5.53. The van der Waals surface area contributed by atoms with Gasteiger partial charge in [-0.1, -0.05) is 41.7 Å². The van der Waals surface area contributed by atoms with Crippen LogP contribution in [0.5, 0.6) is 5.75 Å². The second-order valence-electron chi connectivity index (χ2n) is 3.81. The fourth-order valence-corrected chi connectivity index (χ4v) is 2.20. The average Bonchev–Trinajstić information content (AvgIpc) is 2.26. The Morgan fingerprint density at radius 2 is 1.82 bits per heavy atom. The Bertz CT molecular complexity index is 348. The molecule has 0 saturated carbocycles. The van der Waals surface area contributed by atoms with Crippen LogP contribution in [0.25, 0.3) is 0 Å². The lowest BCUT2D eigenvalue weighted by atomic mass is 10.3. The Kier molecular flexibility index (Phi) is 6.42. The molecule has 0 radical (unpaired) electrons. The van der Waals surface area contributed by atoms with Gasteiger partial charge in [-0.2, -0.15) is 0 Å². The number of halogens is 3. The van der Waals surface area contributed by atoms with Gasteiger partial charge in [-0.15, -0.1) is 0 Å². The minimum absolute atomic E-state index is 0.436. The van der Waals surface area contributed by atoms with Crippen molar-refractivity contribution in [1.29, 1.82) is 0 Å². The van der Waals surface area contributed by atoms with Gasteiger partial charge < -0.3 is 10.1 Å². The number of rotatable bonds is 6. The Morgan fingerprint density at radius 1 is 1.24 bits per heavy atom. The molecule has 0 aliphatic rings. The first-order chi connectivity index (χ1) is 8.04. The summed E-state index contributed by atoms with van der Waals surface area (Å²) >= 11 is 17.8. The first kappa shape index (κ1) is 14.9. The van der Waals surface area contributed by atoms with Gasteiger partial charge in [0.2, 0.25) is 0 Å². The van der Waals surface area contributed by atoms with Gasteiger partial charge >= 0.3 is 0 Å². The molecule has 0 unspecified atom stereocenters. The quantitative estimate of drug-likeness (QED) is 0.785. The van der Waals surface area contributed by atoms with Crippen LogP contribution in [0.2, 0.25) is 15.1 Å². The summed E-state index contributed by atoms with van der Waals surface area (Å²) in [5, 5.41) is 4.69. The molecule has 1 atom stereocenters. The van der Waals surface area contributed by atoms with E-state index in [0.29, 0.717) is 33.5 Å². The zero-order chi connectivity index (χ0) is 12.8. The minimum Gasteiger partial charge on any atom is -0.489 e. The van der Waals surface area contributed by atoms with Gasteiger partial charge in [0.25, 0.3) is 0 Å². The van der Waals surface area contributed by atoms with E-state index in [2.05, 4.69) is 19.2 Å². The van der Waals surface area contributed by atoms with Gasteiger partial charge in [0, 0.05) is 17.6 Å². The summed E-state index contributed by atoms with van der Waals surface area (Å²) in [7, 11) is 0. The lowest BCUT2D eigenvalue weighted by Crippen LogP contribution is -2.29. The van der Waals surface area contributed by atoms with Crippen molar-refractivity contribution in [3.63, 3.8) is 0 Å². The molecule has 5 heteroatoms. The maximum Gasteiger partial charge on any atom is 0.156 e. The summed E-state index contributed by atoms with van der Waals surface area (Å²) in [5.74, 6) is 0.490. The summed E-state index contributed by atoms with van der Waals surface area (Å²) in [6, 6.07) is 3.72. The Balaban J connectivity index is 2.47. The molecule has 0 heterocycles. The zero-order valence-corrected chi connectivity index (χ0v) is 12.2. The molecule has 0 bridgehead atoms. The zero-order valence-electron chi connectivity index (χ0n) is 9.90. The van der Waals surface area contributed by atoms with Crippen molar-refractivity contribution < 1.29 is 4.74 Å². The van der Waals surface area contributed by atoms with Crippen LogP contribution in [0, 0.1) is 0 Å². The molecule has 0 fully saturated rings. The summed E-state index contributed by atoms with van der Waals surface area (Å²) in [5.41, 5.74) is 0. The van der Waals surface area contributed by atoms with E-state index in [1.807, 2.05) is 0 Å². The second-order valence-corrected chi connectivity index (χ2v) is 5.06. The second kappa shape index (κ2) is 7.32. The summed E-state index contributed by atoms with van der Waals surface area (Å²) in [4.78, 5) is 0. The molecule has 0 saturated heterocycles. The van der Waals surface area contributed by atoms with E-state index in [1.165, 1.54) is 0 Å². The fraction of sp³-hybridized carbons (Fsp3) is 0.500. The third kappa shape index (κ3) is 4.92. The normalized spacial score (nSPS) is 12.5. The Hall–Kier alpha value is -0.150. The molecule has 1 rings (SSSR count). The van der Waals surface area contributed by atoms with Crippen LogP contribution in [0.1, 0.15) is 20.3 Å². The van der Waals surface area contributed by atoms with Crippen molar-refractivity contribution in [3.05, 3.63) is 27.2 Å². The molecular weight excluding hydrogens is 280 g/mol. The van der Waals surface area contributed by atoms with Crippen LogP contribution in [-0.4, -0.2) is 19.2 Å². The molecule has 1 N–H and O–H groups in total. The van der Waals surface area contributed by atoms with Gasteiger partial charge in [0.05, 0.1) is 10.0 Å². The molecule has 0 aliphatic heterocycles. The summed E-state index contributed by atoms with van der Waals surface area (Å²) in [6.07, 6.45) is 1.09. The van der Waals surface area contributed by atoms with Gasteiger partial charge in [-0.3, -0.25) is 0 Å². The number of hydrogen-bond acceptors (Lipinski definition) is 2. The van der Waals surface area contributed by atoms with Crippen LogP contribution in [0.3, 0.4) is 0 Å². The van der Waals surface area contributed by atoms with Crippen molar-refractivity contribution >= 4 is 34.8 Å². The highest BCUT2D eigenvalue weighted by Crippen LogP contribution is 2.35. The molecule has 2 nitrogen and oxygen atoms in total. The highest BCUT2D eigenvalue weighted by Gasteiger charge is 2.09. The highest BCUT2D eigenvalue weighted by atomic mass is 35.5. The van der Waals surface area contributed by atoms with Crippen LogP contribution in [0.15, 0.2) is 12.1 Å². The minimum atomic E-state index is 0.436. The number of benzene rings is 1. The van der Waals surface area contributed by atoms with E-state index in [4.69, 9.17) is 39.5 Å². The Labute approximate surface area is 117 Å². The van der Waals surface area contributed by atoms with Gasteiger partial charge in [-0.05, 0) is 25.5 Å². The van der Waals surface area contributed by atoms with Crippen molar-refractivity contribution in [2.45, 2.75) is 26.3 Å². The maximum absolute atomic E-state index is 5.99. The number of hydrogen-bond donors (Lipinski definition) is 1. The fourth-order valence-electron chi connectivity index (χ4n) is 1.27. The van der Waals surface area contributed by atoms with Crippen LogP contribution < -0.4 is 10.1 Å². The van der Waals surface area contributed by atoms with Crippen molar-refractivity contribution in [2.24, 2.45) is 0 Å². The lowest BCUT2D eigenvalue weighted by Gasteiger charge is -2.13. The number of nitrogens with one attached hydrogen (secondary N) is 1. The standard InChI is InChI=1S/C12H16Cl3NO/c1-3-8(2)16-4-5-17-12-10(14)6-9(13)7-11(12)15/h6-8,16H,3-5H2,1-2H3/t8-/m1/s1. The first-order valence-corrected chi connectivity index (χ1v) is 6.68. The molecule has 17 heavy (non-hydrogen) atoms. The molecule has 0 aliphatic carbocycles. The predicted molar refractivity (Wildman–Crippen MR) is 74.7 cm³/mol. The SMILES string of the molecule is CC[C@@H](C)NCCOc1c(Cl)cc(Cl)cc1Cl. The monoisotopic (exact) mass is 295 g/mol. The predicted octanol–water partition coefficient (Wildman–Crippen LogP) is 4.41. The van der Waals surface area contributed by atoms with Crippen molar-refractivity contribution in [2.75, 3.05) is 13.2 Å². The van der Waals surface area contributed by atoms with Crippen molar-refractivity contribution in [1.82, 2.24) is 5.32 Å². The molecule has 1 aromatic rings. The van der Waals surface area contributed by atoms with E-state index in [0.717, 1.165) is 13.0 Å². The Morgan fingerprint density at radius 3 is 2.35 bits per heavy atom. The van der Waals surface area contributed by atoms with E-state index < -0.39 is 0 Å². The molecule has 0 aromatic heterocycles. The smallest absolute Gasteiger partial charge is 0.156 e. The first-order valence-electron chi connectivity index (χ1n) is 5.55. The topological polar surface area (TPSA) is 21.3 Å². The van der Waals surface area contributed by atoms with Crippen LogP contribution >= 0.6 is 34.8 Å². The third-order valence-corrected chi connectivity index (χ3v) is 3.20. The highest BCUT2D eigenvalue weighted by molar-refractivity contribution is 6.40. The largest absolute Gasteiger partial charge is 0.489 e. The van der Waals surface area contributed by atoms with E-state index in [9.17, 15) is 0 Å². The molecule has 1 aromatic carbocycles. The van der Waals surface area contributed by atoms with Crippen molar-refractivity contribution in [3.8, 4) is 5.75 Å². The molecular formula is C12H16Cl3NO. The van der Waals surface area contributed by atoms with Crippen LogP contribution in [-0.2, 0) is 0 Å². The van der Waals surface area contributed by atoms with E-state index in [-0.39, 0.29) is 0 Å². The maximum atomic E-state index is 5.99. The van der Waals surface area contributed by atoms with E-state index in [1.54, 1.807) is 12.1 Å². The van der Waals surface area contributed by atoms with Gasteiger partial charge in [0.15, 0.2) is 5.75 Å². The van der Waals surface area contributed by atoms with Gasteiger partial charge in [-0.25, -0.2) is 0 Å².